The number of amides is 1. The van der Waals surface area contributed by atoms with E-state index in [2.05, 4.69) is 5.32 Å². The molecule has 1 unspecified atom stereocenters. The molecular formula is C13H16N2O2. The molecule has 2 heterocycles. The Labute approximate surface area is 101 Å². The van der Waals surface area contributed by atoms with E-state index in [4.69, 9.17) is 4.74 Å². The Hall–Kier alpha value is -1.39. The standard InChI is InChI=1S/C13H16N2O2/c16-12-9-17-10-13(11-5-2-1-3-6-11)14-7-4-8-15(12)13/h1-3,5-6,14H,4,7-10H2. The van der Waals surface area contributed by atoms with Gasteiger partial charge in [-0.05, 0) is 18.5 Å². The van der Waals surface area contributed by atoms with Crippen LogP contribution >= 0.6 is 0 Å². The van der Waals surface area contributed by atoms with Gasteiger partial charge in [-0.25, -0.2) is 0 Å². The molecule has 4 heteroatoms. The van der Waals surface area contributed by atoms with Gasteiger partial charge in [0, 0.05) is 6.54 Å². The molecule has 1 N–H and O–H groups in total. The van der Waals surface area contributed by atoms with Crippen molar-refractivity contribution in [2.45, 2.75) is 12.1 Å². The number of hydrogen-bond donors (Lipinski definition) is 1. The average molecular weight is 232 g/mol. The SMILES string of the molecule is O=C1COCC2(c3ccccc3)NCCCN12. The van der Waals surface area contributed by atoms with E-state index in [0.717, 1.165) is 25.1 Å². The fourth-order valence-electron chi connectivity index (χ4n) is 2.70. The molecule has 1 aromatic carbocycles. The quantitative estimate of drug-likeness (QED) is 0.774. The molecule has 1 aromatic rings. The maximum absolute atomic E-state index is 12.0. The first-order valence-corrected chi connectivity index (χ1v) is 6.02. The summed E-state index contributed by atoms with van der Waals surface area (Å²) in [6, 6.07) is 10.1. The Morgan fingerprint density at radius 2 is 2.12 bits per heavy atom. The molecule has 4 nitrogen and oxygen atoms in total. The number of carbonyl (C=O) groups excluding carboxylic acids is 1. The predicted octanol–water partition coefficient (Wildman–Crippen LogP) is 0.692. The largest absolute Gasteiger partial charge is 0.367 e. The Bertz CT molecular complexity index is 417. The third-order valence-electron chi connectivity index (χ3n) is 3.53. The topological polar surface area (TPSA) is 41.6 Å². The maximum atomic E-state index is 12.0. The van der Waals surface area contributed by atoms with Crippen molar-refractivity contribution < 1.29 is 9.53 Å². The van der Waals surface area contributed by atoms with E-state index in [1.807, 2.05) is 35.2 Å². The Balaban J connectivity index is 2.04. The van der Waals surface area contributed by atoms with E-state index in [9.17, 15) is 4.79 Å². The predicted molar refractivity (Wildman–Crippen MR) is 63.3 cm³/mol. The number of morpholine rings is 1. The second kappa shape index (κ2) is 4.13. The van der Waals surface area contributed by atoms with Crippen LogP contribution in [0.5, 0.6) is 0 Å². The molecule has 2 fully saturated rings. The van der Waals surface area contributed by atoms with Gasteiger partial charge in [-0.15, -0.1) is 0 Å². The van der Waals surface area contributed by atoms with E-state index in [1.165, 1.54) is 0 Å². The minimum Gasteiger partial charge on any atom is -0.367 e. The van der Waals surface area contributed by atoms with Crippen molar-refractivity contribution in [1.29, 1.82) is 0 Å². The van der Waals surface area contributed by atoms with Crippen LogP contribution in [-0.2, 0) is 15.2 Å². The number of benzene rings is 1. The minimum atomic E-state index is -0.450. The lowest BCUT2D eigenvalue weighted by Gasteiger charge is -2.50. The van der Waals surface area contributed by atoms with Crippen molar-refractivity contribution in [2.75, 3.05) is 26.3 Å². The first-order chi connectivity index (χ1) is 8.33. The highest BCUT2D eigenvalue weighted by molar-refractivity contribution is 5.79. The van der Waals surface area contributed by atoms with Gasteiger partial charge in [-0.1, -0.05) is 30.3 Å². The molecule has 2 saturated heterocycles. The van der Waals surface area contributed by atoms with Gasteiger partial charge < -0.3 is 9.64 Å². The van der Waals surface area contributed by atoms with Crippen molar-refractivity contribution in [3.8, 4) is 0 Å². The van der Waals surface area contributed by atoms with Crippen molar-refractivity contribution in [2.24, 2.45) is 0 Å². The Morgan fingerprint density at radius 3 is 2.94 bits per heavy atom. The number of carbonyl (C=O) groups is 1. The van der Waals surface area contributed by atoms with Gasteiger partial charge in [0.2, 0.25) is 5.91 Å². The molecule has 0 bridgehead atoms. The van der Waals surface area contributed by atoms with Crippen molar-refractivity contribution >= 4 is 5.91 Å². The normalized spacial score (nSPS) is 28.9. The summed E-state index contributed by atoms with van der Waals surface area (Å²) in [6.45, 7) is 2.46. The van der Waals surface area contributed by atoms with Crippen LogP contribution in [0.15, 0.2) is 30.3 Å². The van der Waals surface area contributed by atoms with Gasteiger partial charge in [0.15, 0.2) is 0 Å². The second-order valence-electron chi connectivity index (χ2n) is 4.54. The molecule has 0 saturated carbocycles. The number of nitrogens with one attached hydrogen (secondary N) is 1. The summed E-state index contributed by atoms with van der Waals surface area (Å²) in [5.41, 5.74) is 0.655. The molecule has 3 rings (SSSR count). The number of fused-ring (bicyclic) bond motifs is 1. The smallest absolute Gasteiger partial charge is 0.250 e. The fraction of sp³-hybridized carbons (Fsp3) is 0.462. The lowest BCUT2D eigenvalue weighted by atomic mass is 9.94. The van der Waals surface area contributed by atoms with Crippen LogP contribution in [0, 0.1) is 0 Å². The minimum absolute atomic E-state index is 0.0762. The van der Waals surface area contributed by atoms with Crippen LogP contribution in [0.2, 0.25) is 0 Å². The molecule has 1 amide bonds. The monoisotopic (exact) mass is 232 g/mol. The van der Waals surface area contributed by atoms with Crippen LogP contribution in [0.1, 0.15) is 12.0 Å². The maximum Gasteiger partial charge on any atom is 0.250 e. The summed E-state index contributed by atoms with van der Waals surface area (Å²) in [4.78, 5) is 13.9. The molecule has 2 aliphatic rings. The molecule has 1 atom stereocenters. The molecule has 17 heavy (non-hydrogen) atoms. The molecule has 2 aliphatic heterocycles. The van der Waals surface area contributed by atoms with Crippen LogP contribution < -0.4 is 5.32 Å². The van der Waals surface area contributed by atoms with Crippen LogP contribution in [-0.4, -0.2) is 37.1 Å². The number of nitrogens with zero attached hydrogens (tertiary/aromatic N) is 1. The zero-order valence-electron chi connectivity index (χ0n) is 9.69. The lowest BCUT2D eigenvalue weighted by molar-refractivity contribution is -0.167. The summed E-state index contributed by atoms with van der Waals surface area (Å²) < 4.78 is 5.46. The highest BCUT2D eigenvalue weighted by Crippen LogP contribution is 2.31. The van der Waals surface area contributed by atoms with Gasteiger partial charge in [0.05, 0.1) is 6.61 Å². The zero-order valence-corrected chi connectivity index (χ0v) is 9.69. The summed E-state index contributed by atoms with van der Waals surface area (Å²) in [6.07, 6.45) is 1.00. The van der Waals surface area contributed by atoms with Gasteiger partial charge in [-0.2, -0.15) is 0 Å². The lowest BCUT2D eigenvalue weighted by Crippen LogP contribution is -2.67. The van der Waals surface area contributed by atoms with Crippen molar-refractivity contribution in [3.05, 3.63) is 35.9 Å². The highest BCUT2D eigenvalue weighted by atomic mass is 16.5. The van der Waals surface area contributed by atoms with E-state index >= 15 is 0 Å². The summed E-state index contributed by atoms with van der Waals surface area (Å²) in [5, 5.41) is 3.46. The summed E-state index contributed by atoms with van der Waals surface area (Å²) >= 11 is 0. The van der Waals surface area contributed by atoms with E-state index in [1.54, 1.807) is 0 Å². The number of rotatable bonds is 1. The molecule has 0 aliphatic carbocycles. The van der Waals surface area contributed by atoms with E-state index in [-0.39, 0.29) is 12.5 Å². The first kappa shape index (κ1) is 10.7. The fourth-order valence-corrected chi connectivity index (χ4v) is 2.70. The van der Waals surface area contributed by atoms with Gasteiger partial charge in [0.25, 0.3) is 0 Å². The van der Waals surface area contributed by atoms with Crippen LogP contribution in [0.25, 0.3) is 0 Å². The average Bonchev–Trinajstić information content (AvgIpc) is 2.40. The van der Waals surface area contributed by atoms with Gasteiger partial charge >= 0.3 is 0 Å². The third-order valence-corrected chi connectivity index (χ3v) is 3.53. The summed E-state index contributed by atoms with van der Waals surface area (Å²) in [5.74, 6) is 0.0762. The molecule has 90 valence electrons. The van der Waals surface area contributed by atoms with Crippen molar-refractivity contribution in [1.82, 2.24) is 10.2 Å². The zero-order chi connectivity index (χ0) is 11.7. The molecule has 0 radical (unpaired) electrons. The number of ether oxygens (including phenoxy) is 1. The van der Waals surface area contributed by atoms with Crippen LogP contribution in [0.3, 0.4) is 0 Å². The molecular weight excluding hydrogens is 216 g/mol. The van der Waals surface area contributed by atoms with E-state index < -0.39 is 5.66 Å². The molecule has 0 aromatic heterocycles. The Kier molecular flexibility index (Phi) is 2.61. The Morgan fingerprint density at radius 1 is 1.29 bits per heavy atom. The van der Waals surface area contributed by atoms with Crippen LogP contribution in [0.4, 0.5) is 0 Å². The summed E-state index contributed by atoms with van der Waals surface area (Å²) in [7, 11) is 0. The third kappa shape index (κ3) is 1.64. The van der Waals surface area contributed by atoms with Gasteiger partial charge in [0.1, 0.15) is 12.3 Å². The highest BCUT2D eigenvalue weighted by Gasteiger charge is 2.45. The molecule has 0 spiro atoms. The second-order valence-corrected chi connectivity index (χ2v) is 4.54. The van der Waals surface area contributed by atoms with E-state index in [0.29, 0.717) is 6.61 Å². The number of hydrogen-bond acceptors (Lipinski definition) is 3. The van der Waals surface area contributed by atoms with Crippen molar-refractivity contribution in [3.63, 3.8) is 0 Å². The first-order valence-electron chi connectivity index (χ1n) is 6.02. The van der Waals surface area contributed by atoms with Gasteiger partial charge in [-0.3, -0.25) is 10.1 Å².